The van der Waals surface area contributed by atoms with Crippen LogP contribution in [0.25, 0.3) is 0 Å². The van der Waals surface area contributed by atoms with Crippen LogP contribution >= 0.6 is 7.82 Å². The van der Waals surface area contributed by atoms with Gasteiger partial charge in [0.15, 0.2) is 18.7 Å². The molecule has 0 spiro atoms. The number of hydrogen-bond acceptors (Lipinski definition) is 23. The van der Waals surface area contributed by atoms with Gasteiger partial charge in [0.25, 0.3) is 0 Å². The summed E-state index contributed by atoms with van der Waals surface area (Å²) in [5, 5.41) is 110. The lowest BCUT2D eigenvalue weighted by molar-refractivity contribution is -0.360. The zero-order chi connectivity index (χ0) is 71.1. The van der Waals surface area contributed by atoms with Crippen LogP contribution in [0.2, 0.25) is 0 Å². The first-order chi connectivity index (χ1) is 46.8. The third kappa shape index (κ3) is 37.6. The van der Waals surface area contributed by atoms with E-state index in [1.165, 1.54) is 122 Å². The fourth-order valence-electron chi connectivity index (χ4n) is 12.6. The molecule has 0 aromatic carbocycles. The fourth-order valence-corrected chi connectivity index (χ4v) is 13.5. The van der Waals surface area contributed by atoms with Gasteiger partial charge in [0.2, 0.25) is 0 Å². The number of rotatable bonds is 59. The van der Waals surface area contributed by atoms with Gasteiger partial charge in [-0.1, -0.05) is 245 Å². The van der Waals surface area contributed by atoms with Crippen LogP contribution in [-0.2, 0) is 61.2 Å². The molecule has 2 aliphatic heterocycles. The smallest absolute Gasteiger partial charge is 0.463 e. The molecule has 18 unspecified atom stereocenters. The molecule has 24 nitrogen and oxygen atoms in total. The van der Waals surface area contributed by atoms with Gasteiger partial charge in [-0.05, 0) is 44.9 Å². The number of aliphatic hydroxyl groups excluding tert-OH is 10. The van der Waals surface area contributed by atoms with Crippen molar-refractivity contribution in [2.75, 3.05) is 26.4 Å². The fraction of sp³-hybridized carbons (Fsp3) is 0.931. The standard InChI is InChI=1S/C72H133O24P/c1-4-7-10-13-16-19-22-25-27-30-32-34-37-40-43-46-56(74)88-50-53(91-58(76)48-45-42-39-36-33-28-24-21-18-15-12-9-6-3)51-90-97(86,87)96-70-68(94-71-66(84)61(79)59(77)54(49-73)92-71)64(82)63(81)65(83)69(70)95-72-67(85)62(80)60(78)55(93-72)52-89-57(75)47-44-41-38-35-31-29-26-23-20-17-14-11-8-5-2/h19,22,53-55,59-73,77-85H,4-18,20-21,23-52H2,1-3H3,(H,86,87)/b22-19-. The third-order valence-electron chi connectivity index (χ3n) is 18.8. The highest BCUT2D eigenvalue weighted by Gasteiger charge is 2.58. The number of esters is 3. The minimum absolute atomic E-state index is 0.0325. The molecule has 3 rings (SSSR count). The maximum absolute atomic E-state index is 14.3. The molecule has 0 amide bonds. The highest BCUT2D eigenvalue weighted by atomic mass is 31.2. The largest absolute Gasteiger partial charge is 0.472 e. The monoisotopic (exact) mass is 1410 g/mol. The Kier molecular flexibility index (Phi) is 49.8. The average molecular weight is 1410 g/mol. The first kappa shape index (κ1) is 88.9. The van der Waals surface area contributed by atoms with E-state index in [1.807, 2.05) is 0 Å². The van der Waals surface area contributed by atoms with Gasteiger partial charge >= 0.3 is 25.7 Å². The third-order valence-corrected chi connectivity index (χ3v) is 19.8. The number of aliphatic hydroxyl groups is 10. The lowest BCUT2D eigenvalue weighted by atomic mass is 9.84. The Labute approximate surface area is 580 Å². The lowest BCUT2D eigenvalue weighted by Gasteiger charge is -2.49. The van der Waals surface area contributed by atoms with Crippen LogP contribution < -0.4 is 0 Å². The minimum atomic E-state index is -5.69. The SMILES string of the molecule is CCCCCC/C=C\CCCCCCCCCC(=O)OCC(COP(=O)(O)OC1C(OC2OC(CO)C(O)C(O)C2O)C(O)C(O)C(O)C1OC1OC(COC(=O)CCCCCCCCCCCCCCCC)C(O)C(O)C1O)OC(=O)CCCCCCCCCCCCCCC. The van der Waals surface area contributed by atoms with E-state index in [0.717, 1.165) is 116 Å². The van der Waals surface area contributed by atoms with Crippen LogP contribution in [0.5, 0.6) is 0 Å². The van der Waals surface area contributed by atoms with Crippen LogP contribution in [-0.4, -0.2) is 204 Å². The first-order valence-corrected chi connectivity index (χ1v) is 39.5. The summed E-state index contributed by atoms with van der Waals surface area (Å²) in [6.07, 6.45) is 12.7. The normalized spacial score (nSPS) is 27.8. The molecule has 3 fully saturated rings. The number of phosphoric acid groups is 1. The van der Waals surface area contributed by atoms with E-state index in [4.69, 9.17) is 42.2 Å². The summed E-state index contributed by atoms with van der Waals surface area (Å²) in [5.41, 5.74) is 0. The predicted molar refractivity (Wildman–Crippen MR) is 365 cm³/mol. The first-order valence-electron chi connectivity index (χ1n) is 38.0. The second-order valence-corrected chi connectivity index (χ2v) is 28.8. The van der Waals surface area contributed by atoms with Crippen molar-refractivity contribution in [3.63, 3.8) is 0 Å². The van der Waals surface area contributed by atoms with E-state index in [0.29, 0.717) is 19.3 Å². The lowest BCUT2D eigenvalue weighted by Crippen LogP contribution is -2.69. The van der Waals surface area contributed by atoms with E-state index in [-0.39, 0.29) is 19.3 Å². The number of unbranched alkanes of at least 4 members (excludes halogenated alkanes) is 36. The van der Waals surface area contributed by atoms with Crippen molar-refractivity contribution in [2.45, 2.75) is 401 Å². The number of allylic oxidation sites excluding steroid dienone is 2. The molecular formula is C72H133O24P. The maximum Gasteiger partial charge on any atom is 0.472 e. The summed E-state index contributed by atoms with van der Waals surface area (Å²) >= 11 is 0. The van der Waals surface area contributed by atoms with Gasteiger partial charge in [0, 0.05) is 19.3 Å². The highest BCUT2D eigenvalue weighted by molar-refractivity contribution is 7.47. The summed E-state index contributed by atoms with van der Waals surface area (Å²) in [5.74, 6) is -1.98. The summed E-state index contributed by atoms with van der Waals surface area (Å²) in [4.78, 5) is 51.0. The highest BCUT2D eigenvalue weighted by Crippen LogP contribution is 2.49. The Balaban J connectivity index is 1.73. The van der Waals surface area contributed by atoms with Gasteiger partial charge in [-0.2, -0.15) is 0 Å². The van der Waals surface area contributed by atoms with E-state index in [2.05, 4.69) is 32.9 Å². The topological polar surface area (TPSA) is 374 Å². The second kappa shape index (κ2) is 54.4. The van der Waals surface area contributed by atoms with Gasteiger partial charge < -0.3 is 89.1 Å². The zero-order valence-electron chi connectivity index (χ0n) is 59.4. The molecule has 0 bridgehead atoms. The molecule has 1 aliphatic carbocycles. The van der Waals surface area contributed by atoms with Gasteiger partial charge in [0.1, 0.15) is 98.7 Å². The summed E-state index contributed by atoms with van der Waals surface area (Å²) in [6.45, 7) is 3.44. The Hall–Kier alpha value is -2.30. The van der Waals surface area contributed by atoms with Crippen molar-refractivity contribution in [1.82, 2.24) is 0 Å². The van der Waals surface area contributed by atoms with E-state index in [9.17, 15) is 74.9 Å². The molecule has 570 valence electrons. The van der Waals surface area contributed by atoms with Crippen molar-refractivity contribution in [1.29, 1.82) is 0 Å². The Bertz CT molecular complexity index is 2060. The van der Waals surface area contributed by atoms with Gasteiger partial charge in [-0.15, -0.1) is 0 Å². The molecule has 0 aromatic heterocycles. The van der Waals surface area contributed by atoms with Crippen LogP contribution in [0.4, 0.5) is 0 Å². The van der Waals surface area contributed by atoms with Crippen molar-refractivity contribution in [3.8, 4) is 0 Å². The second-order valence-electron chi connectivity index (χ2n) is 27.4. The van der Waals surface area contributed by atoms with Gasteiger partial charge in [0.05, 0.1) is 13.2 Å². The Morgan fingerprint density at radius 1 is 0.392 bits per heavy atom. The van der Waals surface area contributed by atoms with E-state index >= 15 is 0 Å². The zero-order valence-corrected chi connectivity index (χ0v) is 60.3. The van der Waals surface area contributed by atoms with Crippen LogP contribution in [0, 0.1) is 0 Å². The molecule has 2 heterocycles. The summed E-state index contributed by atoms with van der Waals surface area (Å²) < 4.78 is 65.0. The quantitative estimate of drug-likeness (QED) is 0.00886. The molecule has 97 heavy (non-hydrogen) atoms. The molecular weight excluding hydrogens is 1280 g/mol. The number of phosphoric ester groups is 1. The average Bonchev–Trinajstić information content (AvgIpc) is 0.763. The number of ether oxygens (including phenoxy) is 7. The Morgan fingerprint density at radius 3 is 1.12 bits per heavy atom. The van der Waals surface area contributed by atoms with E-state index < -0.39 is 156 Å². The molecule has 2 saturated heterocycles. The molecule has 1 saturated carbocycles. The molecule has 18 atom stereocenters. The number of carbonyl (C=O) groups is 3. The number of hydrogen-bond donors (Lipinski definition) is 11. The molecule has 0 radical (unpaired) electrons. The summed E-state index contributed by atoms with van der Waals surface area (Å²) in [7, 11) is -5.69. The molecule has 3 aliphatic rings. The van der Waals surface area contributed by atoms with E-state index in [1.54, 1.807) is 0 Å². The van der Waals surface area contributed by atoms with Crippen LogP contribution in [0.3, 0.4) is 0 Å². The van der Waals surface area contributed by atoms with Crippen LogP contribution in [0.15, 0.2) is 12.2 Å². The van der Waals surface area contributed by atoms with Crippen molar-refractivity contribution in [2.24, 2.45) is 0 Å². The molecule has 25 heteroatoms. The van der Waals surface area contributed by atoms with Crippen molar-refractivity contribution >= 4 is 25.7 Å². The minimum Gasteiger partial charge on any atom is -0.463 e. The van der Waals surface area contributed by atoms with Crippen molar-refractivity contribution < 1.29 is 117 Å². The van der Waals surface area contributed by atoms with Gasteiger partial charge in [-0.3, -0.25) is 23.4 Å². The van der Waals surface area contributed by atoms with Gasteiger partial charge in [-0.25, -0.2) is 4.57 Å². The summed E-state index contributed by atoms with van der Waals surface area (Å²) in [6, 6.07) is 0. The number of carbonyl (C=O) groups excluding carboxylic acids is 3. The van der Waals surface area contributed by atoms with Crippen molar-refractivity contribution in [3.05, 3.63) is 12.2 Å². The molecule has 0 aromatic rings. The van der Waals surface area contributed by atoms with Crippen LogP contribution in [0.1, 0.15) is 297 Å². The Morgan fingerprint density at radius 2 is 0.722 bits per heavy atom. The predicted octanol–water partition coefficient (Wildman–Crippen LogP) is 10.4. The molecule has 11 N–H and O–H groups in total. The maximum atomic E-state index is 14.3.